The first-order chi connectivity index (χ1) is 5.45. The van der Waals surface area contributed by atoms with E-state index >= 15 is 0 Å². The van der Waals surface area contributed by atoms with E-state index in [2.05, 4.69) is 46.7 Å². The lowest BCUT2D eigenvalue weighted by atomic mass is 9.96. The Balaban J connectivity index is 3.05. The van der Waals surface area contributed by atoms with Gasteiger partial charge in [-0.05, 0) is 15.9 Å². The Hall–Kier alpha value is -0.350. The molecule has 68 valence electrons. The minimum absolute atomic E-state index is 0.00403. The molecule has 12 heavy (non-hydrogen) atoms. The van der Waals surface area contributed by atoms with Crippen molar-refractivity contribution < 1.29 is 5.11 Å². The summed E-state index contributed by atoms with van der Waals surface area (Å²) in [5.41, 5.74) is 0.732. The second-order valence-corrected chi connectivity index (χ2v) is 4.51. The highest BCUT2D eigenvalue weighted by atomic mass is 79.9. The molecule has 1 rings (SSSR count). The number of imidazole rings is 1. The highest BCUT2D eigenvalue weighted by Crippen LogP contribution is 2.23. The van der Waals surface area contributed by atoms with Crippen LogP contribution in [0.4, 0.5) is 0 Å². The zero-order chi connectivity index (χ0) is 9.35. The molecule has 1 aromatic heterocycles. The molecule has 1 aromatic rings. The van der Waals surface area contributed by atoms with Crippen LogP contribution in [0.2, 0.25) is 0 Å². The lowest BCUT2D eigenvalue weighted by molar-refractivity contribution is 0.276. The number of H-pyrrole nitrogens is 1. The molecule has 0 fully saturated rings. The number of nitrogens with one attached hydrogen (secondary N) is 1. The van der Waals surface area contributed by atoms with Crippen LogP contribution in [-0.4, -0.2) is 15.1 Å². The quantitative estimate of drug-likeness (QED) is 0.778. The van der Waals surface area contributed by atoms with Gasteiger partial charge in [0.2, 0.25) is 0 Å². The average Bonchev–Trinajstić information content (AvgIpc) is 2.29. The molecule has 0 aliphatic carbocycles. The molecule has 0 saturated heterocycles. The number of aliphatic hydroxyl groups is 1. The highest BCUT2D eigenvalue weighted by molar-refractivity contribution is 9.10. The highest BCUT2D eigenvalue weighted by Gasteiger charge is 2.19. The van der Waals surface area contributed by atoms with Crippen LogP contribution in [0.25, 0.3) is 0 Å². The number of aliphatic hydroxyl groups excluding tert-OH is 1. The summed E-state index contributed by atoms with van der Waals surface area (Å²) in [6.45, 7) is 6.20. The molecule has 1 heterocycles. The summed E-state index contributed by atoms with van der Waals surface area (Å²) >= 11 is 3.27. The Morgan fingerprint density at radius 2 is 2.08 bits per heavy atom. The van der Waals surface area contributed by atoms with Crippen molar-refractivity contribution in [1.82, 2.24) is 9.97 Å². The molecular weight excluding hydrogens is 220 g/mol. The summed E-state index contributed by atoms with van der Waals surface area (Å²) in [5.74, 6) is 0.887. The number of hydrogen-bond donors (Lipinski definition) is 2. The maximum absolute atomic E-state index is 8.90. The first-order valence-electron chi connectivity index (χ1n) is 3.81. The third-order valence-corrected chi connectivity index (χ3v) is 2.25. The summed E-state index contributed by atoms with van der Waals surface area (Å²) in [7, 11) is 0. The lowest BCUT2D eigenvalue weighted by Gasteiger charge is -2.13. The van der Waals surface area contributed by atoms with Gasteiger partial charge in [0, 0.05) is 5.41 Å². The Kier molecular flexibility index (Phi) is 2.58. The fourth-order valence-electron chi connectivity index (χ4n) is 0.848. The van der Waals surface area contributed by atoms with E-state index < -0.39 is 0 Å². The van der Waals surface area contributed by atoms with Gasteiger partial charge in [-0.15, -0.1) is 0 Å². The van der Waals surface area contributed by atoms with Gasteiger partial charge in [0.25, 0.3) is 0 Å². The van der Waals surface area contributed by atoms with Gasteiger partial charge in [-0.25, -0.2) is 4.98 Å². The van der Waals surface area contributed by atoms with E-state index in [0.717, 1.165) is 11.5 Å². The van der Waals surface area contributed by atoms with Gasteiger partial charge in [-0.2, -0.15) is 0 Å². The van der Waals surface area contributed by atoms with E-state index in [0.29, 0.717) is 4.60 Å². The second-order valence-electron chi connectivity index (χ2n) is 3.76. The van der Waals surface area contributed by atoms with Crippen LogP contribution in [0.3, 0.4) is 0 Å². The topological polar surface area (TPSA) is 48.9 Å². The summed E-state index contributed by atoms with van der Waals surface area (Å²) in [4.78, 5) is 7.32. The maximum atomic E-state index is 8.90. The van der Waals surface area contributed by atoms with Gasteiger partial charge in [0.15, 0.2) is 0 Å². The zero-order valence-electron chi connectivity index (χ0n) is 7.48. The van der Waals surface area contributed by atoms with Gasteiger partial charge in [0.05, 0.1) is 12.3 Å². The average molecular weight is 233 g/mol. The van der Waals surface area contributed by atoms with Crippen molar-refractivity contribution in [2.45, 2.75) is 32.8 Å². The minimum atomic E-state index is -0.0103. The van der Waals surface area contributed by atoms with Crippen LogP contribution in [0.1, 0.15) is 32.3 Å². The molecule has 2 N–H and O–H groups in total. The number of rotatable bonds is 1. The normalized spacial score (nSPS) is 12.1. The van der Waals surface area contributed by atoms with E-state index in [-0.39, 0.29) is 12.0 Å². The lowest BCUT2D eigenvalue weighted by Crippen LogP contribution is -2.13. The van der Waals surface area contributed by atoms with Crippen molar-refractivity contribution in [3.63, 3.8) is 0 Å². The van der Waals surface area contributed by atoms with Gasteiger partial charge in [0.1, 0.15) is 10.4 Å². The standard InChI is InChI=1S/C8H13BrN2O/c1-8(2,3)7-10-5(4-12)6(9)11-7/h12H,4H2,1-3H3,(H,10,11). The molecule has 0 saturated carbocycles. The monoisotopic (exact) mass is 232 g/mol. The maximum Gasteiger partial charge on any atom is 0.129 e. The summed E-state index contributed by atoms with van der Waals surface area (Å²) in [6.07, 6.45) is 0. The molecule has 0 amide bonds. The van der Waals surface area contributed by atoms with Crippen molar-refractivity contribution in [3.8, 4) is 0 Å². The van der Waals surface area contributed by atoms with Gasteiger partial charge in [-0.3, -0.25) is 0 Å². The molecule has 3 nitrogen and oxygen atoms in total. The molecule has 0 unspecified atom stereocenters. The zero-order valence-corrected chi connectivity index (χ0v) is 9.07. The van der Waals surface area contributed by atoms with Crippen LogP contribution in [0, 0.1) is 0 Å². The van der Waals surface area contributed by atoms with Gasteiger partial charge >= 0.3 is 0 Å². The Bertz CT molecular complexity index is 275. The predicted octanol–water partition coefficient (Wildman–Crippen LogP) is 1.96. The Morgan fingerprint density at radius 3 is 2.33 bits per heavy atom. The molecule has 0 radical (unpaired) electrons. The summed E-state index contributed by atoms with van der Waals surface area (Å²) in [5, 5.41) is 8.90. The number of hydrogen-bond acceptors (Lipinski definition) is 2. The number of halogens is 1. The Morgan fingerprint density at radius 1 is 1.50 bits per heavy atom. The molecule has 0 bridgehead atoms. The van der Waals surface area contributed by atoms with E-state index in [1.54, 1.807) is 0 Å². The third-order valence-electron chi connectivity index (χ3n) is 1.60. The van der Waals surface area contributed by atoms with E-state index in [4.69, 9.17) is 5.11 Å². The van der Waals surface area contributed by atoms with Crippen molar-refractivity contribution in [1.29, 1.82) is 0 Å². The number of aromatic nitrogens is 2. The van der Waals surface area contributed by atoms with Crippen molar-refractivity contribution in [3.05, 3.63) is 16.1 Å². The Labute approximate surface area is 80.3 Å². The van der Waals surface area contributed by atoms with Crippen LogP contribution in [0.5, 0.6) is 0 Å². The molecule has 0 atom stereocenters. The van der Waals surface area contributed by atoms with Crippen LogP contribution >= 0.6 is 15.9 Å². The van der Waals surface area contributed by atoms with Crippen LogP contribution in [0.15, 0.2) is 4.60 Å². The van der Waals surface area contributed by atoms with E-state index in [1.807, 2.05) is 0 Å². The van der Waals surface area contributed by atoms with Crippen LogP contribution < -0.4 is 0 Å². The summed E-state index contributed by atoms with van der Waals surface area (Å²) in [6, 6.07) is 0. The van der Waals surface area contributed by atoms with E-state index in [1.165, 1.54) is 0 Å². The molecule has 0 aromatic carbocycles. The first kappa shape index (κ1) is 9.74. The largest absolute Gasteiger partial charge is 0.390 e. The van der Waals surface area contributed by atoms with Crippen molar-refractivity contribution in [2.75, 3.05) is 0 Å². The summed E-state index contributed by atoms with van der Waals surface area (Å²) < 4.78 is 0.704. The van der Waals surface area contributed by atoms with Crippen molar-refractivity contribution >= 4 is 15.9 Å². The van der Waals surface area contributed by atoms with E-state index in [9.17, 15) is 0 Å². The first-order valence-corrected chi connectivity index (χ1v) is 4.60. The molecule has 0 aliphatic rings. The molecule has 0 aliphatic heterocycles. The molecular formula is C8H13BrN2O. The van der Waals surface area contributed by atoms with Gasteiger partial charge in [-0.1, -0.05) is 20.8 Å². The number of aromatic amines is 1. The fourth-order valence-corrected chi connectivity index (χ4v) is 1.25. The smallest absolute Gasteiger partial charge is 0.129 e. The number of nitrogens with zero attached hydrogens (tertiary/aromatic N) is 1. The van der Waals surface area contributed by atoms with Crippen LogP contribution in [-0.2, 0) is 12.0 Å². The van der Waals surface area contributed by atoms with Crippen molar-refractivity contribution in [2.24, 2.45) is 0 Å². The second kappa shape index (κ2) is 3.18. The van der Waals surface area contributed by atoms with Gasteiger partial charge < -0.3 is 10.1 Å². The molecule has 0 spiro atoms. The SMILES string of the molecule is CC(C)(C)c1nc(Br)c(CO)[nH]1. The minimum Gasteiger partial charge on any atom is -0.390 e. The molecule has 4 heteroatoms. The third kappa shape index (κ3) is 1.87. The fraction of sp³-hybridized carbons (Fsp3) is 0.625. The predicted molar refractivity (Wildman–Crippen MR) is 50.9 cm³/mol.